The molecule has 1 atom stereocenters. The van der Waals surface area contributed by atoms with E-state index in [1.165, 1.54) is 11.5 Å². The second-order valence-corrected chi connectivity index (χ2v) is 8.58. The number of anilines is 1. The van der Waals surface area contributed by atoms with Gasteiger partial charge < -0.3 is 35.0 Å². The predicted molar refractivity (Wildman–Crippen MR) is 145 cm³/mol. The van der Waals surface area contributed by atoms with E-state index in [0.29, 0.717) is 35.1 Å². The maximum Gasteiger partial charge on any atom is 0.241 e. The molecule has 2 aromatic heterocycles. The summed E-state index contributed by atoms with van der Waals surface area (Å²) < 4.78 is 26.4. The maximum absolute atomic E-state index is 12.8. The van der Waals surface area contributed by atoms with Gasteiger partial charge in [-0.15, -0.1) is 12.4 Å². The Morgan fingerprint density at radius 2 is 1.70 bits per heavy atom. The van der Waals surface area contributed by atoms with Crippen molar-refractivity contribution < 1.29 is 23.7 Å². The van der Waals surface area contributed by atoms with Gasteiger partial charge in [0, 0.05) is 35.6 Å². The molecule has 4 N–H and O–H groups in total. The predicted octanol–water partition coefficient (Wildman–Crippen LogP) is 4.16. The largest absolute Gasteiger partial charge is 0.495 e. The molecule has 0 aliphatic carbocycles. The zero-order valence-electron chi connectivity index (χ0n) is 20.7. The first-order valence-corrected chi connectivity index (χ1v) is 11.7. The minimum absolute atomic E-state index is 0. The summed E-state index contributed by atoms with van der Waals surface area (Å²) in [6, 6.07) is 8.52. The highest BCUT2D eigenvalue weighted by molar-refractivity contribution is 7.10. The summed E-state index contributed by atoms with van der Waals surface area (Å²) in [7, 11) is 6.25. The number of ether oxygens (including phenoxy) is 4. The Morgan fingerprint density at radius 3 is 2.30 bits per heavy atom. The molecule has 0 saturated heterocycles. The number of imidazole rings is 1. The molecule has 37 heavy (non-hydrogen) atoms. The van der Waals surface area contributed by atoms with Crippen LogP contribution in [0.15, 0.2) is 49.1 Å². The number of rotatable bonds is 10. The van der Waals surface area contributed by atoms with E-state index in [0.717, 1.165) is 27.3 Å². The molecule has 4 aromatic rings. The summed E-state index contributed by atoms with van der Waals surface area (Å²) in [5.41, 5.74) is 9.95. The molecule has 0 aliphatic heterocycles. The van der Waals surface area contributed by atoms with Gasteiger partial charge in [0.15, 0.2) is 11.5 Å². The molecule has 196 valence electrons. The molecular formula is C25H28ClN5O5S. The molecule has 0 saturated carbocycles. The molecule has 0 radical (unpaired) electrons. The monoisotopic (exact) mass is 545 g/mol. The van der Waals surface area contributed by atoms with Gasteiger partial charge >= 0.3 is 0 Å². The number of carbonyl (C=O) groups is 1. The van der Waals surface area contributed by atoms with E-state index in [4.69, 9.17) is 24.7 Å². The van der Waals surface area contributed by atoms with Crippen molar-refractivity contribution in [2.45, 2.75) is 12.5 Å². The summed E-state index contributed by atoms with van der Waals surface area (Å²) >= 11 is 1.34. The second kappa shape index (κ2) is 12.4. The van der Waals surface area contributed by atoms with Crippen molar-refractivity contribution in [3.05, 3.63) is 54.7 Å². The van der Waals surface area contributed by atoms with Crippen molar-refractivity contribution >= 4 is 35.5 Å². The minimum atomic E-state index is -0.767. The van der Waals surface area contributed by atoms with Crippen molar-refractivity contribution in [2.75, 3.05) is 33.8 Å². The van der Waals surface area contributed by atoms with Crippen LogP contribution in [0.5, 0.6) is 23.0 Å². The maximum atomic E-state index is 12.8. The highest BCUT2D eigenvalue weighted by Crippen LogP contribution is 2.45. The number of aromatic amines is 1. The van der Waals surface area contributed by atoms with Crippen LogP contribution in [0.1, 0.15) is 5.69 Å². The fourth-order valence-corrected chi connectivity index (χ4v) is 4.55. The summed E-state index contributed by atoms with van der Waals surface area (Å²) in [6.07, 6.45) is 5.30. The van der Waals surface area contributed by atoms with E-state index in [1.807, 2.05) is 24.3 Å². The third-order valence-electron chi connectivity index (χ3n) is 5.60. The van der Waals surface area contributed by atoms with E-state index >= 15 is 0 Å². The Hall–Kier alpha value is -3.80. The van der Waals surface area contributed by atoms with E-state index in [-0.39, 0.29) is 18.3 Å². The van der Waals surface area contributed by atoms with Crippen molar-refractivity contribution in [1.82, 2.24) is 14.3 Å². The standard InChI is InChI=1S/C25H27N5O5S.ClH/c1-32-20-6-5-14(7-19(20)30-25(31)18(26)10-16-11-27-13-28-16)17-12-29-36-24(17)15-8-21(33-2)23(35-4)22(9-15)34-3;/h5-9,11-13,18H,10,26H2,1-4H3,(H,27,28)(H,30,31);1H. The van der Waals surface area contributed by atoms with Crippen molar-refractivity contribution in [3.63, 3.8) is 0 Å². The number of hydrogen-bond donors (Lipinski definition) is 3. The molecule has 0 bridgehead atoms. The molecule has 1 amide bonds. The number of nitrogens with one attached hydrogen (secondary N) is 2. The zero-order chi connectivity index (χ0) is 25.7. The van der Waals surface area contributed by atoms with Gasteiger partial charge in [0.2, 0.25) is 11.7 Å². The minimum Gasteiger partial charge on any atom is -0.495 e. The van der Waals surface area contributed by atoms with Crippen LogP contribution < -0.4 is 30.0 Å². The number of nitrogens with zero attached hydrogens (tertiary/aromatic N) is 2. The molecule has 10 nitrogen and oxygen atoms in total. The van der Waals surface area contributed by atoms with E-state index in [1.54, 1.807) is 53.2 Å². The first-order chi connectivity index (χ1) is 17.5. The Kier molecular flexibility index (Phi) is 9.34. The van der Waals surface area contributed by atoms with Gasteiger partial charge in [-0.3, -0.25) is 4.79 Å². The normalized spacial score (nSPS) is 11.3. The van der Waals surface area contributed by atoms with Crippen LogP contribution >= 0.6 is 23.9 Å². The van der Waals surface area contributed by atoms with Gasteiger partial charge in [0.1, 0.15) is 5.75 Å². The van der Waals surface area contributed by atoms with Crippen LogP contribution in [0, 0.1) is 0 Å². The quantitative estimate of drug-likeness (QED) is 0.270. The topological polar surface area (TPSA) is 134 Å². The van der Waals surface area contributed by atoms with Gasteiger partial charge in [-0.25, -0.2) is 4.98 Å². The molecule has 2 aromatic carbocycles. The van der Waals surface area contributed by atoms with Gasteiger partial charge in [-0.05, 0) is 41.4 Å². The van der Waals surface area contributed by atoms with E-state index < -0.39 is 6.04 Å². The fourth-order valence-electron chi connectivity index (χ4n) is 3.79. The molecule has 1 unspecified atom stereocenters. The average Bonchev–Trinajstić information content (AvgIpc) is 3.60. The molecule has 2 heterocycles. The second-order valence-electron chi connectivity index (χ2n) is 7.77. The fraction of sp³-hybridized carbons (Fsp3) is 0.240. The number of nitrogens with two attached hydrogens (primary N) is 1. The van der Waals surface area contributed by atoms with Gasteiger partial charge in [-0.1, -0.05) is 6.07 Å². The number of benzene rings is 2. The zero-order valence-corrected chi connectivity index (χ0v) is 22.4. The number of hydrogen-bond acceptors (Lipinski definition) is 9. The Morgan fingerprint density at radius 1 is 1.00 bits per heavy atom. The lowest BCUT2D eigenvalue weighted by atomic mass is 10.0. The number of H-pyrrole nitrogens is 1. The lowest BCUT2D eigenvalue weighted by Gasteiger charge is -2.16. The lowest BCUT2D eigenvalue weighted by molar-refractivity contribution is -0.117. The van der Waals surface area contributed by atoms with Crippen LogP contribution in [0.25, 0.3) is 21.6 Å². The third-order valence-corrected chi connectivity index (χ3v) is 6.45. The summed E-state index contributed by atoms with van der Waals surface area (Å²) in [4.78, 5) is 20.6. The summed E-state index contributed by atoms with van der Waals surface area (Å²) in [6.45, 7) is 0. The SMILES string of the molecule is COc1ccc(-c2cnsc2-c2cc(OC)c(OC)c(OC)c2)cc1NC(=O)C(N)Cc1cnc[nH]1.Cl. The first kappa shape index (κ1) is 27.8. The van der Waals surface area contributed by atoms with E-state index in [9.17, 15) is 4.79 Å². The molecule has 0 fully saturated rings. The van der Waals surface area contributed by atoms with Crippen molar-refractivity contribution in [3.8, 4) is 44.6 Å². The number of methoxy groups -OCH3 is 4. The van der Waals surface area contributed by atoms with Gasteiger partial charge in [0.25, 0.3) is 0 Å². The molecular weight excluding hydrogens is 518 g/mol. The molecule has 4 rings (SSSR count). The number of carbonyl (C=O) groups excluding carboxylic acids is 1. The van der Waals surface area contributed by atoms with E-state index in [2.05, 4.69) is 19.7 Å². The number of halogens is 1. The van der Waals surface area contributed by atoms with Crippen LogP contribution in [-0.2, 0) is 11.2 Å². The van der Waals surface area contributed by atoms with Gasteiger partial charge in [-0.2, -0.15) is 4.37 Å². The summed E-state index contributed by atoms with van der Waals surface area (Å²) in [5, 5.41) is 2.89. The van der Waals surface area contributed by atoms with Crippen LogP contribution in [0.3, 0.4) is 0 Å². The number of amides is 1. The summed E-state index contributed by atoms with van der Waals surface area (Å²) in [5.74, 6) is 1.77. The van der Waals surface area contributed by atoms with Crippen molar-refractivity contribution in [2.24, 2.45) is 5.73 Å². The Balaban J connectivity index is 0.00000380. The lowest BCUT2D eigenvalue weighted by Crippen LogP contribution is -2.37. The molecule has 0 aliphatic rings. The Labute approximate surface area is 224 Å². The Bertz CT molecular complexity index is 1320. The number of aromatic nitrogens is 3. The first-order valence-electron chi connectivity index (χ1n) is 11.0. The van der Waals surface area contributed by atoms with Crippen molar-refractivity contribution in [1.29, 1.82) is 0 Å². The van der Waals surface area contributed by atoms with Gasteiger partial charge in [0.05, 0.1) is 51.4 Å². The van der Waals surface area contributed by atoms with Crippen LogP contribution in [0.4, 0.5) is 5.69 Å². The average molecular weight is 546 g/mol. The smallest absolute Gasteiger partial charge is 0.241 e. The third kappa shape index (κ3) is 5.96. The highest BCUT2D eigenvalue weighted by Gasteiger charge is 2.20. The highest BCUT2D eigenvalue weighted by atomic mass is 35.5. The van der Waals surface area contributed by atoms with Crippen LogP contribution in [-0.4, -0.2) is 54.7 Å². The molecule has 0 spiro atoms. The molecule has 12 heteroatoms. The van der Waals surface area contributed by atoms with Crippen LogP contribution in [0.2, 0.25) is 0 Å².